The number of aromatic amines is 1. The highest BCUT2D eigenvalue weighted by Crippen LogP contribution is 2.26. The fourth-order valence-corrected chi connectivity index (χ4v) is 3.00. The summed E-state index contributed by atoms with van der Waals surface area (Å²) in [5.74, 6) is -1.89. The van der Waals surface area contributed by atoms with E-state index in [1.165, 1.54) is 0 Å². The van der Waals surface area contributed by atoms with Crippen LogP contribution in [0.4, 0.5) is 0 Å². The molecule has 0 atom stereocenters. The van der Waals surface area contributed by atoms with Crippen molar-refractivity contribution in [1.29, 1.82) is 0 Å². The summed E-state index contributed by atoms with van der Waals surface area (Å²) in [6, 6.07) is 0. The maximum Gasteiger partial charge on any atom is 0.348 e. The second kappa shape index (κ2) is 5.52. The Balaban J connectivity index is 2.73. The third-order valence-electron chi connectivity index (χ3n) is 2.83. The molecule has 0 unspecified atom stereocenters. The van der Waals surface area contributed by atoms with Gasteiger partial charge in [-0.05, 0) is 19.4 Å². The molecule has 2 aromatic heterocycles. The zero-order valence-electron chi connectivity index (χ0n) is 11.3. The number of hydrogen-bond acceptors (Lipinski definition) is 6. The second-order valence-electron chi connectivity index (χ2n) is 4.20. The van der Waals surface area contributed by atoms with Crippen LogP contribution < -0.4 is 11.2 Å². The van der Waals surface area contributed by atoms with Crippen molar-refractivity contribution in [3.05, 3.63) is 31.3 Å². The van der Waals surface area contributed by atoms with Crippen molar-refractivity contribution < 1.29 is 19.4 Å². The quantitative estimate of drug-likeness (QED) is 0.785. The molecule has 0 spiro atoms. The highest BCUT2D eigenvalue weighted by molar-refractivity contribution is 7.20. The van der Waals surface area contributed by atoms with Gasteiger partial charge in [0.25, 0.3) is 5.56 Å². The number of aliphatic carboxylic acids is 1. The molecule has 0 aliphatic rings. The monoisotopic (exact) mass is 312 g/mol. The van der Waals surface area contributed by atoms with Crippen LogP contribution in [0, 0.1) is 6.92 Å². The van der Waals surface area contributed by atoms with Crippen molar-refractivity contribution >= 4 is 33.5 Å². The summed E-state index contributed by atoms with van der Waals surface area (Å²) in [6.45, 7) is 2.65. The molecule has 0 bridgehead atoms. The summed E-state index contributed by atoms with van der Waals surface area (Å²) < 4.78 is 5.46. The van der Waals surface area contributed by atoms with Crippen molar-refractivity contribution in [2.24, 2.45) is 0 Å². The number of esters is 1. The minimum atomic E-state index is -1.31. The van der Waals surface area contributed by atoms with Crippen LogP contribution in [0.25, 0.3) is 10.2 Å². The molecule has 0 amide bonds. The van der Waals surface area contributed by atoms with E-state index in [2.05, 4.69) is 4.98 Å². The zero-order valence-corrected chi connectivity index (χ0v) is 12.1. The fourth-order valence-electron chi connectivity index (χ4n) is 1.92. The predicted molar refractivity (Wildman–Crippen MR) is 75.0 cm³/mol. The van der Waals surface area contributed by atoms with Gasteiger partial charge in [-0.15, -0.1) is 11.3 Å². The first kappa shape index (κ1) is 15.0. The highest BCUT2D eigenvalue weighted by atomic mass is 32.1. The van der Waals surface area contributed by atoms with E-state index >= 15 is 0 Å². The maximum atomic E-state index is 12.2. The van der Waals surface area contributed by atoms with E-state index < -0.39 is 29.7 Å². The maximum absolute atomic E-state index is 12.2. The molecule has 0 fully saturated rings. The molecule has 21 heavy (non-hydrogen) atoms. The molecule has 2 aromatic rings. The lowest BCUT2D eigenvalue weighted by molar-refractivity contribution is -0.137. The number of thiophene rings is 1. The van der Waals surface area contributed by atoms with E-state index in [1.807, 2.05) is 0 Å². The number of nitrogens with one attached hydrogen (secondary N) is 1. The van der Waals surface area contributed by atoms with E-state index in [0.29, 0.717) is 10.1 Å². The van der Waals surface area contributed by atoms with Gasteiger partial charge < -0.3 is 9.84 Å². The number of carbonyl (C=O) groups is 2. The lowest BCUT2D eigenvalue weighted by Crippen LogP contribution is -2.37. The SMILES string of the molecule is CCOC(=O)c1sc2[nH]c(=O)n(CC(=O)O)c(=O)c2c1C. The van der Waals surface area contributed by atoms with Gasteiger partial charge in [0.15, 0.2) is 0 Å². The van der Waals surface area contributed by atoms with Crippen molar-refractivity contribution in [3.8, 4) is 0 Å². The van der Waals surface area contributed by atoms with Gasteiger partial charge in [-0.25, -0.2) is 14.2 Å². The summed E-state index contributed by atoms with van der Waals surface area (Å²) in [7, 11) is 0. The molecule has 0 radical (unpaired) electrons. The summed E-state index contributed by atoms with van der Waals surface area (Å²) in [6.07, 6.45) is 0. The summed E-state index contributed by atoms with van der Waals surface area (Å²) in [5.41, 5.74) is -1.19. The average Bonchev–Trinajstić information content (AvgIpc) is 2.71. The number of ether oxygens (including phenoxy) is 1. The van der Waals surface area contributed by atoms with Crippen molar-refractivity contribution in [3.63, 3.8) is 0 Å². The zero-order chi connectivity index (χ0) is 15.7. The van der Waals surface area contributed by atoms with Crippen LogP contribution in [0.2, 0.25) is 0 Å². The molecular weight excluding hydrogens is 300 g/mol. The van der Waals surface area contributed by atoms with Gasteiger partial charge in [0, 0.05) is 0 Å². The first-order valence-electron chi connectivity index (χ1n) is 6.02. The van der Waals surface area contributed by atoms with E-state index in [9.17, 15) is 19.2 Å². The Morgan fingerprint density at radius 2 is 2.05 bits per heavy atom. The third kappa shape index (κ3) is 2.59. The number of carboxylic acid groups (broad SMARTS) is 1. The molecule has 0 saturated heterocycles. The Bertz CT molecular complexity index is 844. The fraction of sp³-hybridized carbons (Fsp3) is 0.333. The summed E-state index contributed by atoms with van der Waals surface area (Å²) in [5, 5.41) is 8.87. The van der Waals surface area contributed by atoms with Crippen molar-refractivity contribution in [1.82, 2.24) is 9.55 Å². The van der Waals surface area contributed by atoms with Crippen LogP contribution in [0.15, 0.2) is 9.59 Å². The molecule has 8 nitrogen and oxygen atoms in total. The summed E-state index contributed by atoms with van der Waals surface area (Å²) >= 11 is 0.937. The lowest BCUT2D eigenvalue weighted by atomic mass is 10.2. The number of fused-ring (bicyclic) bond motifs is 1. The van der Waals surface area contributed by atoms with Gasteiger partial charge in [0.1, 0.15) is 16.3 Å². The molecule has 0 aliphatic heterocycles. The van der Waals surface area contributed by atoms with Crippen molar-refractivity contribution in [2.45, 2.75) is 20.4 Å². The highest BCUT2D eigenvalue weighted by Gasteiger charge is 2.21. The molecule has 2 rings (SSSR count). The van der Waals surface area contributed by atoms with Gasteiger partial charge >= 0.3 is 17.6 Å². The normalized spacial score (nSPS) is 10.8. The molecule has 0 aromatic carbocycles. The Morgan fingerprint density at radius 3 is 2.62 bits per heavy atom. The minimum absolute atomic E-state index is 0.129. The van der Waals surface area contributed by atoms with Gasteiger partial charge in [-0.1, -0.05) is 0 Å². The first-order valence-corrected chi connectivity index (χ1v) is 6.83. The standard InChI is InChI=1S/C12H12N2O6S/c1-3-20-11(18)8-5(2)7-9(21-8)13-12(19)14(10(7)17)4-6(15)16/h3-4H2,1-2H3,(H,13,19)(H,15,16). The first-order chi connectivity index (χ1) is 9.86. The van der Waals surface area contributed by atoms with Gasteiger partial charge in [-0.3, -0.25) is 14.6 Å². The number of hydrogen-bond donors (Lipinski definition) is 2. The Kier molecular flexibility index (Phi) is 3.94. The van der Waals surface area contributed by atoms with Crippen LogP contribution in [0.5, 0.6) is 0 Å². The third-order valence-corrected chi connectivity index (χ3v) is 4.01. The molecule has 0 saturated carbocycles. The Morgan fingerprint density at radius 1 is 1.38 bits per heavy atom. The number of carbonyl (C=O) groups excluding carboxylic acids is 1. The van der Waals surface area contributed by atoms with Crippen LogP contribution in [-0.4, -0.2) is 33.2 Å². The molecule has 2 N–H and O–H groups in total. The number of nitrogens with zero attached hydrogens (tertiary/aromatic N) is 1. The smallest absolute Gasteiger partial charge is 0.348 e. The van der Waals surface area contributed by atoms with E-state index in [-0.39, 0.29) is 21.7 Å². The van der Waals surface area contributed by atoms with E-state index in [1.54, 1.807) is 13.8 Å². The molecule has 2 heterocycles. The van der Waals surface area contributed by atoms with E-state index in [4.69, 9.17) is 9.84 Å². The number of H-pyrrole nitrogens is 1. The van der Waals surface area contributed by atoms with Crippen LogP contribution in [0.1, 0.15) is 22.2 Å². The number of aromatic nitrogens is 2. The molecule has 112 valence electrons. The average molecular weight is 312 g/mol. The Labute approximate surface area is 121 Å². The number of aryl methyl sites for hydroxylation is 1. The van der Waals surface area contributed by atoms with Crippen LogP contribution >= 0.6 is 11.3 Å². The van der Waals surface area contributed by atoms with E-state index in [0.717, 1.165) is 11.3 Å². The molecule has 0 aliphatic carbocycles. The van der Waals surface area contributed by atoms with Gasteiger partial charge in [0.05, 0.1) is 12.0 Å². The lowest BCUT2D eigenvalue weighted by Gasteiger charge is -2.01. The van der Waals surface area contributed by atoms with Crippen LogP contribution in [0.3, 0.4) is 0 Å². The number of rotatable bonds is 4. The second-order valence-corrected chi connectivity index (χ2v) is 5.22. The molecule has 9 heteroatoms. The predicted octanol–water partition coefficient (Wildman–Crippen LogP) is 0.321. The number of carboxylic acids is 1. The minimum Gasteiger partial charge on any atom is -0.480 e. The van der Waals surface area contributed by atoms with Crippen molar-refractivity contribution in [2.75, 3.05) is 6.61 Å². The summed E-state index contributed by atoms with van der Waals surface area (Å²) in [4.78, 5) is 49.3. The van der Waals surface area contributed by atoms with Gasteiger partial charge in [-0.2, -0.15) is 0 Å². The molecular formula is C12H12N2O6S. The van der Waals surface area contributed by atoms with Crippen LogP contribution in [-0.2, 0) is 16.1 Å². The topological polar surface area (TPSA) is 118 Å². The Hall–Kier alpha value is -2.42. The van der Waals surface area contributed by atoms with Gasteiger partial charge in [0.2, 0.25) is 0 Å². The largest absolute Gasteiger partial charge is 0.480 e.